The Hall–Kier alpha value is -2.21. The van der Waals surface area contributed by atoms with Gasteiger partial charge in [0.1, 0.15) is 5.82 Å². The van der Waals surface area contributed by atoms with Gasteiger partial charge < -0.3 is 9.88 Å². The molecule has 0 saturated heterocycles. The highest BCUT2D eigenvalue weighted by molar-refractivity contribution is 7.13. The van der Waals surface area contributed by atoms with Gasteiger partial charge in [0.25, 0.3) is 0 Å². The monoisotopic (exact) mass is 303 g/mol. The summed E-state index contributed by atoms with van der Waals surface area (Å²) >= 11 is 1.41. The maximum atomic E-state index is 13.3. The number of hydrogen-bond donors (Lipinski definition) is 1. The number of carbonyl (C=O) groups excluding carboxylic acids is 1. The average Bonchev–Trinajstić information content (AvgIpc) is 3.03. The molecule has 2 heterocycles. The molecule has 0 saturated carbocycles. The van der Waals surface area contributed by atoms with Crippen LogP contribution in [0.5, 0.6) is 0 Å². The molecule has 0 bridgehead atoms. The van der Waals surface area contributed by atoms with Crippen molar-refractivity contribution in [2.24, 2.45) is 0 Å². The third-order valence-corrected chi connectivity index (χ3v) is 4.06. The van der Waals surface area contributed by atoms with Crippen LogP contribution in [-0.4, -0.2) is 15.5 Å². The molecule has 0 aliphatic rings. The summed E-state index contributed by atoms with van der Waals surface area (Å²) in [5, 5.41) is 6.23. The number of nitrogens with one attached hydrogen (secondary N) is 1. The van der Waals surface area contributed by atoms with Crippen molar-refractivity contribution in [3.8, 4) is 0 Å². The van der Waals surface area contributed by atoms with Crippen LogP contribution in [0.3, 0.4) is 0 Å². The zero-order valence-electron chi connectivity index (χ0n) is 11.5. The number of hydrogen-bond acceptors (Lipinski definition) is 3. The van der Waals surface area contributed by atoms with Crippen LogP contribution in [0.1, 0.15) is 12.1 Å². The van der Waals surface area contributed by atoms with E-state index in [0.717, 1.165) is 16.6 Å². The van der Waals surface area contributed by atoms with Crippen molar-refractivity contribution in [3.63, 3.8) is 0 Å². The van der Waals surface area contributed by atoms with Crippen LogP contribution in [0.15, 0.2) is 35.8 Å². The lowest BCUT2D eigenvalue weighted by Crippen LogP contribution is -2.14. The minimum absolute atomic E-state index is 0.0948. The van der Waals surface area contributed by atoms with Crippen LogP contribution in [0.2, 0.25) is 0 Å². The molecule has 21 heavy (non-hydrogen) atoms. The molecular weight excluding hydrogens is 289 g/mol. The fraction of sp³-hybridized carbons (Fsp3) is 0.200. The van der Waals surface area contributed by atoms with Crippen LogP contribution >= 0.6 is 11.3 Å². The Bertz CT molecular complexity index is 793. The van der Waals surface area contributed by atoms with Crippen LogP contribution in [0.4, 0.5) is 9.52 Å². The number of aryl methyl sites for hydroxylation is 2. The van der Waals surface area contributed by atoms with Gasteiger partial charge >= 0.3 is 0 Å². The first-order chi connectivity index (χ1) is 10.1. The lowest BCUT2D eigenvalue weighted by Gasteiger charge is -2.05. The number of halogens is 1. The van der Waals surface area contributed by atoms with E-state index in [0.29, 0.717) is 18.1 Å². The van der Waals surface area contributed by atoms with Gasteiger partial charge in [-0.1, -0.05) is 0 Å². The molecule has 0 aliphatic heterocycles. The maximum absolute atomic E-state index is 13.3. The molecule has 1 N–H and O–H groups in total. The Kier molecular flexibility index (Phi) is 3.70. The fourth-order valence-corrected chi connectivity index (χ4v) is 2.87. The van der Waals surface area contributed by atoms with Gasteiger partial charge in [0.15, 0.2) is 5.13 Å². The highest BCUT2D eigenvalue weighted by Gasteiger charge is 2.07. The number of aromatic nitrogens is 2. The molecule has 0 fully saturated rings. The summed E-state index contributed by atoms with van der Waals surface area (Å²) in [5.74, 6) is -0.368. The number of fused-ring (bicyclic) bond motifs is 1. The minimum Gasteiger partial charge on any atom is -0.347 e. The van der Waals surface area contributed by atoms with E-state index < -0.39 is 0 Å². The molecule has 2 aromatic heterocycles. The predicted molar refractivity (Wildman–Crippen MR) is 82.0 cm³/mol. The van der Waals surface area contributed by atoms with Crippen molar-refractivity contribution in [1.29, 1.82) is 0 Å². The zero-order valence-corrected chi connectivity index (χ0v) is 12.3. The molecule has 0 radical (unpaired) electrons. The van der Waals surface area contributed by atoms with E-state index in [1.165, 1.54) is 23.5 Å². The zero-order chi connectivity index (χ0) is 14.8. The summed E-state index contributed by atoms with van der Waals surface area (Å²) < 4.78 is 15.2. The quantitative estimate of drug-likeness (QED) is 0.801. The molecule has 0 spiro atoms. The summed E-state index contributed by atoms with van der Waals surface area (Å²) in [6.07, 6.45) is 2.18. The van der Waals surface area contributed by atoms with Gasteiger partial charge in [0.05, 0.1) is 11.2 Å². The first-order valence-corrected chi connectivity index (χ1v) is 7.46. The van der Waals surface area contributed by atoms with Crippen molar-refractivity contribution in [3.05, 3.63) is 47.4 Å². The van der Waals surface area contributed by atoms with Gasteiger partial charge in [-0.25, -0.2) is 9.37 Å². The van der Waals surface area contributed by atoms with Gasteiger partial charge in [-0.2, -0.15) is 0 Å². The minimum atomic E-state index is -0.273. The number of anilines is 1. The first-order valence-electron chi connectivity index (χ1n) is 6.58. The van der Waals surface area contributed by atoms with Gasteiger partial charge in [0.2, 0.25) is 5.91 Å². The van der Waals surface area contributed by atoms with Crippen molar-refractivity contribution >= 4 is 33.3 Å². The van der Waals surface area contributed by atoms with Gasteiger partial charge in [0, 0.05) is 24.5 Å². The number of rotatable bonds is 4. The summed E-state index contributed by atoms with van der Waals surface area (Å²) in [5.41, 5.74) is 1.69. The molecule has 4 nitrogen and oxygen atoms in total. The van der Waals surface area contributed by atoms with Crippen molar-refractivity contribution in [2.45, 2.75) is 19.9 Å². The second-order valence-corrected chi connectivity index (χ2v) is 5.66. The molecule has 0 atom stereocenters. The van der Waals surface area contributed by atoms with E-state index in [-0.39, 0.29) is 11.7 Å². The van der Waals surface area contributed by atoms with Crippen LogP contribution < -0.4 is 5.32 Å². The molecule has 6 heteroatoms. The third-order valence-electron chi connectivity index (χ3n) is 3.18. The van der Waals surface area contributed by atoms with E-state index in [2.05, 4.69) is 10.3 Å². The molecular formula is C15H14FN3OS. The highest BCUT2D eigenvalue weighted by Crippen LogP contribution is 2.18. The summed E-state index contributed by atoms with van der Waals surface area (Å²) in [7, 11) is 0. The first kappa shape index (κ1) is 13.8. The smallest absolute Gasteiger partial charge is 0.227 e. The summed E-state index contributed by atoms with van der Waals surface area (Å²) in [6.45, 7) is 2.38. The Balaban J connectivity index is 1.66. The lowest BCUT2D eigenvalue weighted by atomic mass is 10.2. The van der Waals surface area contributed by atoms with E-state index in [9.17, 15) is 9.18 Å². The van der Waals surface area contributed by atoms with Gasteiger partial charge in [-0.15, -0.1) is 11.3 Å². The number of carbonyl (C=O) groups is 1. The normalized spacial score (nSPS) is 11.0. The molecule has 108 valence electrons. The summed E-state index contributed by atoms with van der Waals surface area (Å²) in [4.78, 5) is 16.1. The van der Waals surface area contributed by atoms with Gasteiger partial charge in [-0.3, -0.25) is 4.79 Å². The van der Waals surface area contributed by atoms with E-state index in [1.807, 2.05) is 29.1 Å². The molecule has 0 aliphatic carbocycles. The highest BCUT2D eigenvalue weighted by atomic mass is 32.1. The largest absolute Gasteiger partial charge is 0.347 e. The van der Waals surface area contributed by atoms with E-state index >= 15 is 0 Å². The molecule has 1 aromatic carbocycles. The molecule has 0 unspecified atom stereocenters. The maximum Gasteiger partial charge on any atom is 0.227 e. The third kappa shape index (κ3) is 3.11. The Labute approximate surface area is 125 Å². The van der Waals surface area contributed by atoms with Crippen LogP contribution in [-0.2, 0) is 11.3 Å². The predicted octanol–water partition coefficient (Wildman–Crippen LogP) is 3.57. The molecule has 3 rings (SSSR count). The molecule has 1 amide bonds. The topological polar surface area (TPSA) is 46.9 Å². The fourth-order valence-electron chi connectivity index (χ4n) is 2.17. The summed E-state index contributed by atoms with van der Waals surface area (Å²) in [6, 6.07) is 6.57. The Morgan fingerprint density at radius 1 is 1.43 bits per heavy atom. The molecule has 3 aromatic rings. The van der Waals surface area contributed by atoms with E-state index in [4.69, 9.17) is 0 Å². The second-order valence-electron chi connectivity index (χ2n) is 4.80. The van der Waals surface area contributed by atoms with Crippen LogP contribution in [0.25, 0.3) is 10.9 Å². The number of thiazole rings is 1. The second kappa shape index (κ2) is 5.65. The van der Waals surface area contributed by atoms with Crippen molar-refractivity contribution < 1.29 is 9.18 Å². The standard InChI is InChI=1S/C15H14FN3OS/c1-10-9-21-15(17-10)18-14(20)5-7-19-6-4-11-2-3-12(16)8-13(11)19/h2-4,6,8-9H,5,7H2,1H3,(H,17,18,20). The SMILES string of the molecule is Cc1csc(NC(=O)CCn2ccc3ccc(F)cc32)n1. The Morgan fingerprint density at radius 3 is 3.05 bits per heavy atom. The van der Waals surface area contributed by atoms with Crippen molar-refractivity contribution in [1.82, 2.24) is 9.55 Å². The van der Waals surface area contributed by atoms with E-state index in [1.54, 1.807) is 6.07 Å². The van der Waals surface area contributed by atoms with Gasteiger partial charge in [-0.05, 0) is 36.6 Å². The average molecular weight is 303 g/mol. The van der Waals surface area contributed by atoms with Crippen LogP contribution in [0, 0.1) is 12.7 Å². The number of nitrogens with zero attached hydrogens (tertiary/aromatic N) is 2. The number of amides is 1. The lowest BCUT2D eigenvalue weighted by molar-refractivity contribution is -0.116. The number of benzene rings is 1. The van der Waals surface area contributed by atoms with Crippen molar-refractivity contribution in [2.75, 3.05) is 5.32 Å². The Morgan fingerprint density at radius 2 is 2.29 bits per heavy atom.